The van der Waals surface area contributed by atoms with Gasteiger partial charge in [-0.05, 0) is 4.53 Å². The number of phosphoric acid groups is 1. The van der Waals surface area contributed by atoms with Crippen LogP contribution >= 0.6 is 7.82 Å². The van der Waals surface area contributed by atoms with Gasteiger partial charge in [0, 0.05) is 0 Å². The van der Waals surface area contributed by atoms with Crippen LogP contribution in [-0.4, -0.2) is 9.79 Å². The van der Waals surface area contributed by atoms with E-state index < -0.39 is 7.82 Å². The van der Waals surface area contributed by atoms with E-state index in [1.54, 1.807) is 0 Å². The molecule has 4 nitrogen and oxygen atoms in total. The van der Waals surface area contributed by atoms with E-state index in [9.17, 15) is 4.53 Å². The second-order valence-corrected chi connectivity index (χ2v) is 1.68. The van der Waals surface area contributed by atoms with E-state index in [0.717, 1.165) is 0 Å². The van der Waals surface area contributed by atoms with Gasteiger partial charge in [0.1, 0.15) is 0 Å². The molecule has 0 saturated heterocycles. The summed E-state index contributed by atoms with van der Waals surface area (Å²) in [7, 11) is -4.81. The Balaban J connectivity index is -0.000000125. The summed E-state index contributed by atoms with van der Waals surface area (Å²) in [6.45, 7) is 0. The minimum absolute atomic E-state index is 0. The van der Waals surface area contributed by atoms with Crippen molar-refractivity contribution in [1.29, 1.82) is 0 Å². The summed E-state index contributed by atoms with van der Waals surface area (Å²) in [5.74, 6) is 0. The molecular weight excluding hydrogens is 247 g/mol. The Kier molecular flexibility index (Phi) is 8.33. The minimum Gasteiger partial charge on any atom is -1.00 e. The van der Waals surface area contributed by atoms with Gasteiger partial charge < -0.3 is 11.2 Å². The molecule has 2 N–H and O–H groups in total. The number of rotatable bonds is 1. The van der Waals surface area contributed by atoms with Gasteiger partial charge in [-0.1, -0.05) is 4.73 Å². The van der Waals surface area contributed by atoms with Crippen molar-refractivity contribution in [3.8, 4) is 0 Å². The Hall–Kier alpha value is 2.09. The maximum atomic E-state index is 10.2. The molecule has 0 aliphatic rings. The van der Waals surface area contributed by atoms with Crippen molar-refractivity contribution in [2.45, 2.75) is 0 Å². The predicted octanol–water partition coefficient (Wildman–Crippen LogP) is -2.90. The van der Waals surface area contributed by atoms with E-state index in [2.05, 4.69) is 4.73 Å². The summed E-state index contributed by atoms with van der Waals surface area (Å²) in [6, 6.07) is 0. The molecule has 0 amide bonds. The summed E-state index contributed by atoms with van der Waals surface area (Å²) in [5, 5.41) is 0. The number of hydrogen-bond donors (Lipinski definition) is 2. The Labute approximate surface area is 99.5 Å². The quantitative estimate of drug-likeness (QED) is 0.490. The summed E-state index contributed by atoms with van der Waals surface area (Å²) in [4.78, 5) is 14.7. The SMILES string of the molecule is O=P(O)(O)OF.[Cs+].[H-]. The van der Waals surface area contributed by atoms with Crippen LogP contribution in [0.3, 0.4) is 0 Å². The molecule has 0 heterocycles. The molecule has 0 rings (SSSR count). The average Bonchev–Trinajstić information content (AvgIpc) is 1.35. The number of hydrogen-bond acceptors (Lipinski definition) is 2. The fourth-order valence-corrected chi connectivity index (χ4v) is 0. The van der Waals surface area contributed by atoms with Crippen LogP contribution in [0.5, 0.6) is 0 Å². The van der Waals surface area contributed by atoms with E-state index in [1.807, 2.05) is 0 Å². The zero-order valence-electron chi connectivity index (χ0n) is 4.54. The van der Waals surface area contributed by atoms with Gasteiger partial charge in [0.25, 0.3) is 0 Å². The largest absolute Gasteiger partial charge is 1.00 e. The predicted molar refractivity (Wildman–Crippen MR) is 15.3 cm³/mol. The van der Waals surface area contributed by atoms with Crippen molar-refractivity contribution in [1.82, 2.24) is 0 Å². The first-order valence-corrected chi connectivity index (χ1v) is 2.45. The molecule has 0 atom stereocenters. The van der Waals surface area contributed by atoms with Gasteiger partial charge in [-0.15, -0.1) is 0 Å². The third kappa shape index (κ3) is 11.6. The molecule has 0 aromatic heterocycles. The molecule has 0 aromatic carbocycles. The molecule has 0 saturated carbocycles. The third-order valence-electron chi connectivity index (χ3n) is 0.0899. The molecule has 40 valence electrons. The van der Waals surface area contributed by atoms with E-state index >= 15 is 0 Å². The Bertz CT molecular complexity index is 80.1. The van der Waals surface area contributed by atoms with Gasteiger partial charge in [-0.3, -0.25) is 0 Å². The fraction of sp³-hybridized carbons (Fsp3) is 0. The summed E-state index contributed by atoms with van der Waals surface area (Å²) in [6.07, 6.45) is 0. The first kappa shape index (κ1) is 11.8. The van der Waals surface area contributed by atoms with Crippen LogP contribution in [0.15, 0.2) is 0 Å². The molecule has 0 radical (unpaired) electrons. The first-order valence-electron chi connectivity index (χ1n) is 0.919. The zero-order valence-corrected chi connectivity index (χ0v) is 10.7. The molecule has 7 heteroatoms. The van der Waals surface area contributed by atoms with Crippen molar-refractivity contribution < 1.29 is 93.9 Å². The van der Waals surface area contributed by atoms with E-state index in [1.165, 1.54) is 0 Å². The molecule has 7 heavy (non-hydrogen) atoms. The van der Waals surface area contributed by atoms with Gasteiger partial charge in [0.15, 0.2) is 0 Å². The van der Waals surface area contributed by atoms with Crippen LogP contribution in [-0.2, 0) is 9.29 Å². The Morgan fingerprint density at radius 1 is 1.71 bits per heavy atom. The minimum atomic E-state index is -4.81. The van der Waals surface area contributed by atoms with Crippen LogP contribution in [0.2, 0.25) is 0 Å². The second kappa shape index (κ2) is 4.92. The average molecular weight is 250 g/mol. The Morgan fingerprint density at radius 2 is 1.86 bits per heavy atom. The van der Waals surface area contributed by atoms with Crippen molar-refractivity contribution in [3.63, 3.8) is 0 Å². The van der Waals surface area contributed by atoms with Gasteiger partial charge in [-0.2, -0.15) is 0 Å². The van der Waals surface area contributed by atoms with Gasteiger partial charge in [0.05, 0.1) is 0 Å². The number of halogens is 1. The molecule has 0 aliphatic heterocycles. The van der Waals surface area contributed by atoms with Gasteiger partial charge in [0.2, 0.25) is 0 Å². The monoisotopic (exact) mass is 250 g/mol. The standard InChI is InChI=1S/Cs.FH2O4P.H/c;1-5-6(2,3)4;/h;(H2,2,3,4);/q+1;;-1. The van der Waals surface area contributed by atoms with E-state index in [-0.39, 0.29) is 70.3 Å². The topological polar surface area (TPSA) is 66.8 Å². The van der Waals surface area contributed by atoms with E-state index in [0.29, 0.717) is 0 Å². The van der Waals surface area contributed by atoms with Crippen molar-refractivity contribution in [2.24, 2.45) is 0 Å². The van der Waals surface area contributed by atoms with Crippen molar-refractivity contribution >= 4 is 7.82 Å². The second-order valence-electron chi connectivity index (χ2n) is 0.560. The maximum absolute atomic E-state index is 10.2. The zero-order chi connectivity index (χ0) is 5.21. The first-order chi connectivity index (χ1) is 2.56. The molecule has 0 spiro atoms. The molecule has 0 unspecified atom stereocenters. The maximum Gasteiger partial charge on any atom is 1.00 e. The Morgan fingerprint density at radius 3 is 1.86 bits per heavy atom. The van der Waals surface area contributed by atoms with Crippen LogP contribution in [0.4, 0.5) is 4.53 Å². The van der Waals surface area contributed by atoms with Crippen molar-refractivity contribution in [3.05, 3.63) is 0 Å². The molecular formula is H3CsFO4P. The van der Waals surface area contributed by atoms with Gasteiger partial charge >= 0.3 is 76.7 Å². The molecule has 0 aliphatic carbocycles. The van der Waals surface area contributed by atoms with E-state index in [4.69, 9.17) is 14.4 Å². The van der Waals surface area contributed by atoms with Crippen LogP contribution in [0.1, 0.15) is 1.43 Å². The van der Waals surface area contributed by atoms with Crippen LogP contribution in [0, 0.1) is 0 Å². The molecule has 0 bridgehead atoms. The van der Waals surface area contributed by atoms with Crippen LogP contribution in [0.25, 0.3) is 0 Å². The smallest absolute Gasteiger partial charge is 1.00 e. The molecule has 0 aromatic rings. The van der Waals surface area contributed by atoms with Crippen molar-refractivity contribution in [2.75, 3.05) is 0 Å². The third-order valence-corrected chi connectivity index (χ3v) is 0.270. The van der Waals surface area contributed by atoms with Gasteiger partial charge in [-0.25, -0.2) is 4.57 Å². The molecule has 0 fully saturated rings. The fourth-order valence-electron chi connectivity index (χ4n) is 0. The summed E-state index contributed by atoms with van der Waals surface area (Å²) < 4.78 is 21.4. The summed E-state index contributed by atoms with van der Waals surface area (Å²) >= 11 is 0. The normalized spacial score (nSPS) is 10.1. The summed E-state index contributed by atoms with van der Waals surface area (Å²) in [5.41, 5.74) is 0. The van der Waals surface area contributed by atoms with Crippen LogP contribution < -0.4 is 68.9 Å².